The van der Waals surface area contributed by atoms with Gasteiger partial charge in [-0.15, -0.1) is 0 Å². The molecule has 0 fully saturated rings. The highest BCUT2D eigenvalue weighted by Gasteiger charge is 2.14. The van der Waals surface area contributed by atoms with Crippen molar-refractivity contribution in [2.75, 3.05) is 17.7 Å². The van der Waals surface area contributed by atoms with E-state index in [1.807, 2.05) is 6.92 Å². The summed E-state index contributed by atoms with van der Waals surface area (Å²) >= 11 is 6.09. The van der Waals surface area contributed by atoms with Crippen LogP contribution in [0.2, 0.25) is 5.02 Å². The Hall–Kier alpha value is -3.45. The molecule has 0 atom stereocenters. The van der Waals surface area contributed by atoms with Gasteiger partial charge in [0.05, 0.1) is 18.4 Å². The highest BCUT2D eigenvalue weighted by atomic mass is 35.5. The molecule has 2 N–H and O–H groups in total. The number of para-hydroxylation sites is 1. The van der Waals surface area contributed by atoms with Crippen LogP contribution in [-0.4, -0.2) is 29.0 Å². The van der Waals surface area contributed by atoms with E-state index in [1.54, 1.807) is 42.5 Å². The molecule has 1 aromatic heterocycles. The molecule has 0 saturated heterocycles. The lowest BCUT2D eigenvalue weighted by atomic mass is 10.2. The van der Waals surface area contributed by atoms with Crippen LogP contribution in [-0.2, 0) is 4.74 Å². The predicted octanol–water partition coefficient (Wildman–Crippen LogP) is 4.22. The number of ether oxygens (including phenoxy) is 1. The molecule has 3 aromatic rings. The van der Waals surface area contributed by atoms with E-state index < -0.39 is 11.9 Å². The van der Waals surface area contributed by atoms with Crippen molar-refractivity contribution in [2.24, 2.45) is 0 Å². The van der Waals surface area contributed by atoms with Gasteiger partial charge in [-0.25, -0.2) is 14.8 Å². The quantitative estimate of drug-likeness (QED) is 0.627. The topological polar surface area (TPSA) is 93.2 Å². The largest absolute Gasteiger partial charge is 0.465 e. The van der Waals surface area contributed by atoms with E-state index in [2.05, 4.69) is 20.6 Å². The van der Waals surface area contributed by atoms with Crippen molar-refractivity contribution in [3.05, 3.63) is 76.6 Å². The monoisotopic (exact) mass is 396 g/mol. The van der Waals surface area contributed by atoms with E-state index in [-0.39, 0.29) is 11.6 Å². The number of aromatic nitrogens is 2. The third kappa shape index (κ3) is 4.27. The van der Waals surface area contributed by atoms with Gasteiger partial charge < -0.3 is 15.4 Å². The van der Waals surface area contributed by atoms with Crippen LogP contribution < -0.4 is 10.6 Å². The highest BCUT2D eigenvalue weighted by Crippen LogP contribution is 2.24. The van der Waals surface area contributed by atoms with Crippen LogP contribution in [0, 0.1) is 6.92 Å². The minimum atomic E-state index is -0.492. The SMILES string of the molecule is COC(=O)c1ccccc1Nc1nccc(C(=O)Nc2cccc(Cl)c2C)n1. The molecule has 7 nitrogen and oxygen atoms in total. The summed E-state index contributed by atoms with van der Waals surface area (Å²) in [6, 6.07) is 13.5. The number of amides is 1. The molecule has 2 aromatic carbocycles. The summed E-state index contributed by atoms with van der Waals surface area (Å²) in [5, 5.41) is 6.28. The molecule has 142 valence electrons. The first-order valence-corrected chi connectivity index (χ1v) is 8.71. The highest BCUT2D eigenvalue weighted by molar-refractivity contribution is 6.31. The Kier molecular flexibility index (Phi) is 5.86. The fraction of sp³-hybridized carbons (Fsp3) is 0.100. The summed E-state index contributed by atoms with van der Waals surface area (Å²) in [5.41, 5.74) is 2.32. The van der Waals surface area contributed by atoms with E-state index in [1.165, 1.54) is 19.4 Å². The number of nitrogens with one attached hydrogen (secondary N) is 2. The molecule has 1 amide bonds. The molecule has 8 heteroatoms. The molecule has 1 heterocycles. The molecule has 0 aliphatic rings. The second-order valence-electron chi connectivity index (χ2n) is 5.79. The number of benzene rings is 2. The minimum Gasteiger partial charge on any atom is -0.465 e. The maximum absolute atomic E-state index is 12.6. The maximum atomic E-state index is 12.6. The van der Waals surface area contributed by atoms with Crippen LogP contribution in [0.1, 0.15) is 26.4 Å². The van der Waals surface area contributed by atoms with Crippen LogP contribution in [0.25, 0.3) is 0 Å². The zero-order chi connectivity index (χ0) is 20.1. The van der Waals surface area contributed by atoms with Crippen LogP contribution in [0.5, 0.6) is 0 Å². The number of anilines is 3. The Balaban J connectivity index is 1.82. The van der Waals surface area contributed by atoms with E-state index in [0.29, 0.717) is 22.0 Å². The standard InChI is InChI=1S/C20H17ClN4O3/c1-12-14(21)7-5-9-15(12)23-18(26)17-10-11-22-20(25-17)24-16-8-4-3-6-13(16)19(27)28-2/h3-11H,1-2H3,(H,23,26)(H,22,24,25). The number of hydrogen-bond donors (Lipinski definition) is 2. The van der Waals surface area contributed by atoms with E-state index >= 15 is 0 Å². The molecule has 28 heavy (non-hydrogen) atoms. The van der Waals surface area contributed by atoms with Crippen LogP contribution >= 0.6 is 11.6 Å². The van der Waals surface area contributed by atoms with Gasteiger partial charge in [-0.2, -0.15) is 0 Å². The van der Waals surface area contributed by atoms with Gasteiger partial charge in [-0.3, -0.25) is 4.79 Å². The third-order valence-corrected chi connectivity index (χ3v) is 4.39. The Morgan fingerprint density at radius 2 is 1.79 bits per heavy atom. The molecule has 0 aliphatic heterocycles. The lowest BCUT2D eigenvalue weighted by Crippen LogP contribution is -2.15. The van der Waals surface area contributed by atoms with Crippen molar-refractivity contribution in [3.8, 4) is 0 Å². The van der Waals surface area contributed by atoms with E-state index in [9.17, 15) is 9.59 Å². The van der Waals surface area contributed by atoms with Gasteiger partial charge in [0.1, 0.15) is 5.69 Å². The van der Waals surface area contributed by atoms with Crippen molar-refractivity contribution >= 4 is 40.8 Å². The summed E-state index contributed by atoms with van der Waals surface area (Å²) in [4.78, 5) is 32.8. The first kappa shape index (κ1) is 19.3. The van der Waals surface area contributed by atoms with E-state index in [0.717, 1.165) is 5.56 Å². The van der Waals surface area contributed by atoms with Crippen molar-refractivity contribution in [2.45, 2.75) is 6.92 Å². The lowest BCUT2D eigenvalue weighted by molar-refractivity contribution is 0.0601. The van der Waals surface area contributed by atoms with Gasteiger partial charge in [0.2, 0.25) is 5.95 Å². The summed E-state index contributed by atoms with van der Waals surface area (Å²) in [6.45, 7) is 1.81. The number of carbonyl (C=O) groups excluding carboxylic acids is 2. The average Bonchev–Trinajstić information content (AvgIpc) is 2.71. The Labute approximate surface area is 166 Å². The molecular weight excluding hydrogens is 380 g/mol. The summed E-state index contributed by atoms with van der Waals surface area (Å²) < 4.78 is 4.77. The predicted molar refractivity (Wildman–Crippen MR) is 107 cm³/mol. The maximum Gasteiger partial charge on any atom is 0.339 e. The smallest absolute Gasteiger partial charge is 0.339 e. The van der Waals surface area contributed by atoms with Crippen molar-refractivity contribution in [1.82, 2.24) is 9.97 Å². The van der Waals surface area contributed by atoms with Gasteiger partial charge in [-0.05, 0) is 42.8 Å². The van der Waals surface area contributed by atoms with Gasteiger partial charge in [0, 0.05) is 16.9 Å². The summed E-state index contributed by atoms with van der Waals surface area (Å²) in [6.07, 6.45) is 1.45. The van der Waals surface area contributed by atoms with Crippen LogP contribution in [0.3, 0.4) is 0 Å². The summed E-state index contributed by atoms with van der Waals surface area (Å²) in [5.74, 6) is -0.725. The summed E-state index contributed by atoms with van der Waals surface area (Å²) in [7, 11) is 1.30. The van der Waals surface area contributed by atoms with E-state index in [4.69, 9.17) is 16.3 Å². The number of esters is 1. The Morgan fingerprint density at radius 1 is 1.04 bits per heavy atom. The normalized spacial score (nSPS) is 10.2. The molecule has 0 spiro atoms. The molecule has 0 saturated carbocycles. The number of hydrogen-bond acceptors (Lipinski definition) is 6. The zero-order valence-corrected chi connectivity index (χ0v) is 15.9. The average molecular weight is 397 g/mol. The lowest BCUT2D eigenvalue weighted by Gasteiger charge is -2.11. The molecule has 0 bridgehead atoms. The second-order valence-corrected chi connectivity index (χ2v) is 6.20. The fourth-order valence-electron chi connectivity index (χ4n) is 2.48. The van der Waals surface area contributed by atoms with Crippen molar-refractivity contribution in [3.63, 3.8) is 0 Å². The van der Waals surface area contributed by atoms with Crippen molar-refractivity contribution in [1.29, 1.82) is 0 Å². The number of nitrogens with zero attached hydrogens (tertiary/aromatic N) is 2. The zero-order valence-electron chi connectivity index (χ0n) is 15.2. The fourth-order valence-corrected chi connectivity index (χ4v) is 2.65. The number of methoxy groups -OCH3 is 1. The first-order valence-electron chi connectivity index (χ1n) is 8.33. The molecule has 0 aliphatic carbocycles. The number of carbonyl (C=O) groups is 2. The molecular formula is C20H17ClN4O3. The first-order chi connectivity index (χ1) is 13.5. The van der Waals surface area contributed by atoms with Gasteiger partial charge in [-0.1, -0.05) is 29.8 Å². The number of halogens is 1. The van der Waals surface area contributed by atoms with Crippen molar-refractivity contribution < 1.29 is 14.3 Å². The second kappa shape index (κ2) is 8.49. The van der Waals surface area contributed by atoms with Crippen LogP contribution in [0.4, 0.5) is 17.3 Å². The molecule has 3 rings (SSSR count). The van der Waals surface area contributed by atoms with Gasteiger partial charge >= 0.3 is 5.97 Å². The Morgan fingerprint density at radius 3 is 2.57 bits per heavy atom. The molecule has 0 unspecified atom stereocenters. The van der Waals surface area contributed by atoms with Gasteiger partial charge in [0.25, 0.3) is 5.91 Å². The van der Waals surface area contributed by atoms with Gasteiger partial charge in [0.15, 0.2) is 0 Å². The van der Waals surface area contributed by atoms with Crippen LogP contribution in [0.15, 0.2) is 54.7 Å². The minimum absolute atomic E-state index is 0.160. The Bertz CT molecular complexity index is 1040. The number of rotatable bonds is 5. The molecule has 0 radical (unpaired) electrons. The third-order valence-electron chi connectivity index (χ3n) is 3.98.